The molecule has 1 aliphatic rings. The Labute approximate surface area is 164 Å². The smallest absolute Gasteiger partial charge is 0.233 e. The van der Waals surface area contributed by atoms with E-state index in [2.05, 4.69) is 49.5 Å². The van der Waals surface area contributed by atoms with Gasteiger partial charge in [-0.3, -0.25) is 0 Å². The SMILES string of the molecule is COc1ccc(Nc2nc(Nc3cccc(C)c3)nc(N3CCCC3)n2)cc1. The van der Waals surface area contributed by atoms with Gasteiger partial charge < -0.3 is 20.3 Å². The highest BCUT2D eigenvalue weighted by Crippen LogP contribution is 2.23. The molecule has 0 radical (unpaired) electrons. The molecule has 2 aromatic carbocycles. The zero-order valence-electron chi connectivity index (χ0n) is 16.1. The van der Waals surface area contributed by atoms with Gasteiger partial charge in [0.15, 0.2) is 0 Å². The second-order valence-corrected chi connectivity index (χ2v) is 6.82. The molecule has 0 unspecified atom stereocenters. The zero-order chi connectivity index (χ0) is 19.3. The number of nitrogens with zero attached hydrogens (tertiary/aromatic N) is 4. The Hall–Kier alpha value is -3.35. The van der Waals surface area contributed by atoms with Crippen LogP contribution in [0.15, 0.2) is 48.5 Å². The van der Waals surface area contributed by atoms with Crippen LogP contribution >= 0.6 is 0 Å². The van der Waals surface area contributed by atoms with Crippen molar-refractivity contribution in [3.05, 3.63) is 54.1 Å². The van der Waals surface area contributed by atoms with E-state index in [0.717, 1.165) is 43.1 Å². The van der Waals surface area contributed by atoms with Crippen LogP contribution < -0.4 is 20.3 Å². The fourth-order valence-electron chi connectivity index (χ4n) is 3.19. The molecule has 3 aromatic rings. The zero-order valence-corrected chi connectivity index (χ0v) is 16.1. The molecule has 0 saturated carbocycles. The summed E-state index contributed by atoms with van der Waals surface area (Å²) in [6, 6.07) is 15.8. The number of methoxy groups -OCH3 is 1. The molecule has 2 heterocycles. The van der Waals surface area contributed by atoms with Crippen molar-refractivity contribution < 1.29 is 4.74 Å². The minimum Gasteiger partial charge on any atom is -0.497 e. The number of anilines is 5. The second kappa shape index (κ2) is 8.12. The number of hydrogen-bond donors (Lipinski definition) is 2. The second-order valence-electron chi connectivity index (χ2n) is 6.82. The van der Waals surface area contributed by atoms with E-state index in [1.165, 1.54) is 5.56 Å². The third kappa shape index (κ3) is 4.31. The lowest BCUT2D eigenvalue weighted by molar-refractivity contribution is 0.415. The van der Waals surface area contributed by atoms with Crippen LogP contribution in [0.2, 0.25) is 0 Å². The third-order valence-electron chi connectivity index (χ3n) is 4.63. The van der Waals surface area contributed by atoms with Crippen molar-refractivity contribution in [2.75, 3.05) is 35.7 Å². The first-order valence-electron chi connectivity index (χ1n) is 9.45. The normalized spacial score (nSPS) is 13.4. The summed E-state index contributed by atoms with van der Waals surface area (Å²) in [5, 5.41) is 6.58. The van der Waals surface area contributed by atoms with Gasteiger partial charge in [0.05, 0.1) is 7.11 Å². The van der Waals surface area contributed by atoms with Crippen LogP contribution in [0, 0.1) is 6.92 Å². The summed E-state index contributed by atoms with van der Waals surface area (Å²) < 4.78 is 5.22. The number of hydrogen-bond acceptors (Lipinski definition) is 7. The Kier molecular flexibility index (Phi) is 5.23. The van der Waals surface area contributed by atoms with Crippen LogP contribution in [0.25, 0.3) is 0 Å². The van der Waals surface area contributed by atoms with Crippen molar-refractivity contribution in [1.29, 1.82) is 0 Å². The van der Waals surface area contributed by atoms with Gasteiger partial charge in [0.1, 0.15) is 5.75 Å². The first-order chi connectivity index (χ1) is 13.7. The summed E-state index contributed by atoms with van der Waals surface area (Å²) >= 11 is 0. The maximum atomic E-state index is 5.22. The topological polar surface area (TPSA) is 75.2 Å². The summed E-state index contributed by atoms with van der Waals surface area (Å²) in [6.45, 7) is 4.00. The number of aromatic nitrogens is 3. The Bertz CT molecular complexity index is 938. The summed E-state index contributed by atoms with van der Waals surface area (Å²) in [4.78, 5) is 16.0. The fraction of sp³-hybridized carbons (Fsp3) is 0.286. The number of benzene rings is 2. The van der Waals surface area contributed by atoms with E-state index in [4.69, 9.17) is 4.74 Å². The van der Waals surface area contributed by atoms with Gasteiger partial charge in [-0.05, 0) is 61.7 Å². The summed E-state index contributed by atoms with van der Waals surface area (Å²) in [7, 11) is 1.65. The Morgan fingerprint density at radius 2 is 1.54 bits per heavy atom. The van der Waals surface area contributed by atoms with Gasteiger partial charge in [0.25, 0.3) is 0 Å². The number of ether oxygens (including phenoxy) is 1. The predicted molar refractivity (Wildman–Crippen MR) is 112 cm³/mol. The average Bonchev–Trinajstić information content (AvgIpc) is 3.23. The molecule has 0 atom stereocenters. The molecule has 2 N–H and O–H groups in total. The number of nitrogens with one attached hydrogen (secondary N) is 2. The molecule has 1 fully saturated rings. The monoisotopic (exact) mass is 376 g/mol. The number of rotatable bonds is 6. The number of aryl methyl sites for hydroxylation is 1. The first kappa shape index (κ1) is 18.0. The van der Waals surface area contributed by atoms with Crippen molar-refractivity contribution in [2.45, 2.75) is 19.8 Å². The molecule has 144 valence electrons. The summed E-state index contributed by atoms with van der Waals surface area (Å²) in [5.41, 5.74) is 3.02. The van der Waals surface area contributed by atoms with Crippen LogP contribution in [-0.4, -0.2) is 35.2 Å². The predicted octanol–water partition coefficient (Wildman–Crippen LogP) is 4.28. The van der Waals surface area contributed by atoms with E-state index in [0.29, 0.717) is 17.8 Å². The molecule has 1 aromatic heterocycles. The molecule has 1 aliphatic heterocycles. The minimum atomic E-state index is 0.511. The van der Waals surface area contributed by atoms with Crippen molar-refractivity contribution in [3.8, 4) is 5.75 Å². The molecule has 0 spiro atoms. The van der Waals surface area contributed by atoms with Crippen molar-refractivity contribution >= 4 is 29.2 Å². The molecule has 1 saturated heterocycles. The van der Waals surface area contributed by atoms with E-state index >= 15 is 0 Å². The van der Waals surface area contributed by atoms with Crippen LogP contribution in [-0.2, 0) is 0 Å². The maximum Gasteiger partial charge on any atom is 0.233 e. The summed E-state index contributed by atoms with van der Waals surface area (Å²) in [5.74, 6) is 2.54. The van der Waals surface area contributed by atoms with Gasteiger partial charge >= 0.3 is 0 Å². The Morgan fingerprint density at radius 1 is 0.857 bits per heavy atom. The molecule has 0 amide bonds. The van der Waals surface area contributed by atoms with E-state index in [-0.39, 0.29) is 0 Å². The molecule has 4 rings (SSSR count). The van der Waals surface area contributed by atoms with E-state index < -0.39 is 0 Å². The van der Waals surface area contributed by atoms with E-state index in [1.807, 2.05) is 36.4 Å². The van der Waals surface area contributed by atoms with Gasteiger partial charge in [-0.1, -0.05) is 12.1 Å². The highest BCUT2D eigenvalue weighted by Gasteiger charge is 2.17. The van der Waals surface area contributed by atoms with Crippen molar-refractivity contribution in [3.63, 3.8) is 0 Å². The highest BCUT2D eigenvalue weighted by atomic mass is 16.5. The fourth-order valence-corrected chi connectivity index (χ4v) is 3.19. The molecule has 28 heavy (non-hydrogen) atoms. The van der Waals surface area contributed by atoms with E-state index in [1.54, 1.807) is 7.11 Å². The van der Waals surface area contributed by atoms with Crippen LogP contribution in [0.1, 0.15) is 18.4 Å². The standard InChI is InChI=1S/C21H24N6O/c1-15-6-5-7-17(14-15)23-20-24-19(22-16-8-10-18(28-2)11-9-16)25-21(26-20)27-12-3-4-13-27/h5-11,14H,3-4,12-13H2,1-2H3,(H2,22,23,24,25,26). The van der Waals surface area contributed by atoms with Gasteiger partial charge in [-0.25, -0.2) is 0 Å². The average molecular weight is 376 g/mol. The van der Waals surface area contributed by atoms with Crippen LogP contribution in [0.4, 0.5) is 29.2 Å². The molecule has 0 bridgehead atoms. The van der Waals surface area contributed by atoms with Gasteiger partial charge in [0, 0.05) is 24.5 Å². The molecular weight excluding hydrogens is 352 g/mol. The third-order valence-corrected chi connectivity index (χ3v) is 4.63. The Balaban J connectivity index is 1.62. The lowest BCUT2D eigenvalue weighted by atomic mass is 10.2. The van der Waals surface area contributed by atoms with Gasteiger partial charge in [-0.15, -0.1) is 0 Å². The van der Waals surface area contributed by atoms with Gasteiger partial charge in [-0.2, -0.15) is 15.0 Å². The van der Waals surface area contributed by atoms with Gasteiger partial charge in [0.2, 0.25) is 17.8 Å². The lowest BCUT2D eigenvalue weighted by Crippen LogP contribution is -2.21. The van der Waals surface area contributed by atoms with E-state index in [9.17, 15) is 0 Å². The van der Waals surface area contributed by atoms with Crippen molar-refractivity contribution in [1.82, 2.24) is 15.0 Å². The quantitative estimate of drug-likeness (QED) is 0.665. The molecular formula is C21H24N6O. The Morgan fingerprint density at radius 3 is 2.18 bits per heavy atom. The minimum absolute atomic E-state index is 0.511. The molecule has 7 nitrogen and oxygen atoms in total. The summed E-state index contributed by atoms with van der Waals surface area (Å²) in [6.07, 6.45) is 2.32. The molecule has 0 aliphatic carbocycles. The van der Waals surface area contributed by atoms with Crippen molar-refractivity contribution in [2.24, 2.45) is 0 Å². The lowest BCUT2D eigenvalue weighted by Gasteiger charge is -2.17. The molecule has 7 heteroatoms. The maximum absolute atomic E-state index is 5.22. The van der Waals surface area contributed by atoms with Crippen LogP contribution in [0.5, 0.6) is 5.75 Å². The highest BCUT2D eigenvalue weighted by molar-refractivity contribution is 5.60. The van der Waals surface area contributed by atoms with Crippen LogP contribution in [0.3, 0.4) is 0 Å². The first-order valence-corrected chi connectivity index (χ1v) is 9.45. The largest absolute Gasteiger partial charge is 0.497 e.